The Labute approximate surface area is 177 Å². The molecule has 0 bridgehead atoms. The summed E-state index contributed by atoms with van der Waals surface area (Å²) in [4.78, 5) is 17.2. The van der Waals surface area contributed by atoms with Gasteiger partial charge >= 0.3 is 0 Å². The first-order chi connectivity index (χ1) is 14.6. The smallest absolute Gasteiger partial charge is 0.227 e. The average molecular weight is 411 g/mol. The van der Waals surface area contributed by atoms with Crippen molar-refractivity contribution >= 4 is 17.4 Å². The fraction of sp³-hybridized carbons (Fsp3) is 0.500. The van der Waals surface area contributed by atoms with Gasteiger partial charge in [-0.3, -0.25) is 4.79 Å². The highest BCUT2D eigenvalue weighted by Crippen LogP contribution is 2.33. The molecule has 0 aliphatic carbocycles. The second kappa shape index (κ2) is 8.87. The van der Waals surface area contributed by atoms with Crippen LogP contribution in [-0.2, 0) is 4.79 Å². The number of anilines is 2. The minimum absolute atomic E-state index is 0.0978. The molecule has 8 heteroatoms. The lowest BCUT2D eigenvalue weighted by molar-refractivity contribution is -0.136. The fourth-order valence-electron chi connectivity index (χ4n) is 4.44. The van der Waals surface area contributed by atoms with Crippen molar-refractivity contribution in [2.75, 3.05) is 50.0 Å². The van der Waals surface area contributed by atoms with Crippen molar-refractivity contribution in [3.05, 3.63) is 30.3 Å². The monoisotopic (exact) mass is 410 g/mol. The van der Waals surface area contributed by atoms with Gasteiger partial charge in [0.15, 0.2) is 5.82 Å². The maximum absolute atomic E-state index is 12.9. The molecule has 0 saturated carbocycles. The number of hydrogen-bond donors (Lipinski definition) is 3. The number of amides is 1. The lowest BCUT2D eigenvalue weighted by Crippen LogP contribution is -2.56. The normalized spacial score (nSPS) is 22.1. The highest BCUT2D eigenvalue weighted by molar-refractivity contribution is 5.80. The molecule has 8 nitrogen and oxygen atoms in total. The van der Waals surface area contributed by atoms with Gasteiger partial charge in [0.25, 0.3) is 0 Å². The molecule has 2 aliphatic rings. The molecule has 2 saturated heterocycles. The van der Waals surface area contributed by atoms with Gasteiger partial charge < -0.3 is 25.5 Å². The Morgan fingerprint density at radius 2 is 2.10 bits per heavy atom. The number of aromatic hydroxyl groups is 1. The Balaban J connectivity index is 1.54. The Morgan fingerprint density at radius 3 is 2.80 bits per heavy atom. The summed E-state index contributed by atoms with van der Waals surface area (Å²) >= 11 is 0. The van der Waals surface area contributed by atoms with Gasteiger partial charge in [0.1, 0.15) is 5.75 Å². The molecular weight excluding hydrogens is 380 g/mol. The van der Waals surface area contributed by atoms with Gasteiger partial charge in [0.2, 0.25) is 5.91 Å². The minimum Gasteiger partial charge on any atom is -0.507 e. The minimum atomic E-state index is 0.0978. The van der Waals surface area contributed by atoms with Gasteiger partial charge in [-0.25, -0.2) is 0 Å². The Kier molecular flexibility index (Phi) is 6.03. The van der Waals surface area contributed by atoms with Crippen LogP contribution in [0.15, 0.2) is 30.3 Å². The van der Waals surface area contributed by atoms with E-state index < -0.39 is 0 Å². The van der Waals surface area contributed by atoms with Crippen LogP contribution in [0.1, 0.15) is 19.8 Å². The second-order valence-electron chi connectivity index (χ2n) is 8.10. The van der Waals surface area contributed by atoms with E-state index >= 15 is 0 Å². The molecule has 2 aromatic rings. The van der Waals surface area contributed by atoms with E-state index in [1.54, 1.807) is 12.1 Å². The summed E-state index contributed by atoms with van der Waals surface area (Å²) in [5, 5.41) is 25.3. The van der Waals surface area contributed by atoms with Crippen LogP contribution in [0.25, 0.3) is 11.3 Å². The SMILES string of the molecule is CNc1nnc(-c2ccccc2O)cc1N1CCN(C(=O)[C@H]2CCCNC2)C[C@@H]1C. The van der Waals surface area contributed by atoms with Crippen LogP contribution in [0.4, 0.5) is 11.5 Å². The molecule has 1 aromatic carbocycles. The third-order valence-corrected chi connectivity index (χ3v) is 6.09. The molecule has 3 N–H and O–H groups in total. The number of phenols is 1. The molecule has 160 valence electrons. The number of nitrogens with zero attached hydrogens (tertiary/aromatic N) is 4. The molecule has 30 heavy (non-hydrogen) atoms. The van der Waals surface area contributed by atoms with Crippen LogP contribution in [-0.4, -0.2) is 71.9 Å². The van der Waals surface area contributed by atoms with Crippen LogP contribution in [0, 0.1) is 5.92 Å². The number of rotatable bonds is 4. The largest absolute Gasteiger partial charge is 0.507 e. The zero-order valence-electron chi connectivity index (χ0n) is 17.6. The van der Waals surface area contributed by atoms with Crippen molar-refractivity contribution in [1.82, 2.24) is 20.4 Å². The van der Waals surface area contributed by atoms with Gasteiger partial charge in [-0.1, -0.05) is 12.1 Å². The van der Waals surface area contributed by atoms with E-state index in [9.17, 15) is 9.90 Å². The number of piperidine rings is 1. The molecule has 0 radical (unpaired) electrons. The molecule has 1 amide bonds. The van der Waals surface area contributed by atoms with E-state index in [0.29, 0.717) is 30.2 Å². The zero-order chi connectivity index (χ0) is 21.1. The maximum atomic E-state index is 12.9. The van der Waals surface area contributed by atoms with Crippen molar-refractivity contribution < 1.29 is 9.90 Å². The topological polar surface area (TPSA) is 93.6 Å². The van der Waals surface area contributed by atoms with Gasteiger partial charge in [-0.15, -0.1) is 10.2 Å². The number of piperazine rings is 1. The lowest BCUT2D eigenvalue weighted by atomic mass is 9.97. The van der Waals surface area contributed by atoms with E-state index in [-0.39, 0.29) is 23.6 Å². The Morgan fingerprint density at radius 1 is 1.27 bits per heavy atom. The van der Waals surface area contributed by atoms with Crippen LogP contribution in [0.5, 0.6) is 5.75 Å². The number of carbonyl (C=O) groups excluding carboxylic acids is 1. The van der Waals surface area contributed by atoms with Gasteiger partial charge in [0, 0.05) is 44.8 Å². The standard InChI is InChI=1S/C22H30N6O2/c1-15-14-27(22(30)16-6-5-9-24-13-16)10-11-28(15)19-12-18(25-26-21(19)23-2)17-7-3-4-8-20(17)29/h3-4,7-8,12,15-16,24,29H,5-6,9-11,13-14H2,1-2H3,(H,23,26)/t15-,16-/m0/s1. The van der Waals surface area contributed by atoms with Crippen molar-refractivity contribution in [2.24, 2.45) is 5.92 Å². The summed E-state index contributed by atoms with van der Waals surface area (Å²) in [6.07, 6.45) is 2.04. The summed E-state index contributed by atoms with van der Waals surface area (Å²) < 4.78 is 0. The molecule has 3 heterocycles. The van der Waals surface area contributed by atoms with E-state index in [1.165, 1.54) is 0 Å². The van der Waals surface area contributed by atoms with E-state index in [2.05, 4.69) is 32.7 Å². The summed E-state index contributed by atoms with van der Waals surface area (Å²) in [7, 11) is 1.83. The van der Waals surface area contributed by atoms with Crippen molar-refractivity contribution in [2.45, 2.75) is 25.8 Å². The summed E-state index contributed by atoms with van der Waals surface area (Å²) in [6, 6.07) is 9.25. The number of nitrogens with one attached hydrogen (secondary N) is 2. The van der Waals surface area contributed by atoms with E-state index in [1.807, 2.05) is 30.1 Å². The van der Waals surface area contributed by atoms with Crippen LogP contribution >= 0.6 is 0 Å². The predicted molar refractivity (Wildman–Crippen MR) is 118 cm³/mol. The number of carbonyl (C=O) groups is 1. The number of hydrogen-bond acceptors (Lipinski definition) is 7. The third-order valence-electron chi connectivity index (χ3n) is 6.09. The molecular formula is C22H30N6O2. The van der Waals surface area contributed by atoms with Crippen LogP contribution in [0.2, 0.25) is 0 Å². The number of benzene rings is 1. The fourth-order valence-corrected chi connectivity index (χ4v) is 4.44. The molecule has 2 atom stereocenters. The summed E-state index contributed by atoms with van der Waals surface area (Å²) in [5.41, 5.74) is 2.21. The molecule has 1 aromatic heterocycles. The van der Waals surface area contributed by atoms with Crippen molar-refractivity contribution in [3.8, 4) is 17.0 Å². The summed E-state index contributed by atoms with van der Waals surface area (Å²) in [6.45, 7) is 6.04. The Bertz CT molecular complexity index is 899. The first-order valence-electron chi connectivity index (χ1n) is 10.7. The number of para-hydroxylation sites is 1. The number of aromatic nitrogens is 2. The highest BCUT2D eigenvalue weighted by atomic mass is 16.3. The first kappa shape index (κ1) is 20.4. The highest BCUT2D eigenvalue weighted by Gasteiger charge is 2.32. The third kappa shape index (κ3) is 4.05. The molecule has 0 spiro atoms. The first-order valence-corrected chi connectivity index (χ1v) is 10.7. The lowest BCUT2D eigenvalue weighted by Gasteiger charge is -2.43. The molecule has 2 aliphatic heterocycles. The van der Waals surface area contributed by atoms with Crippen LogP contribution in [0.3, 0.4) is 0 Å². The van der Waals surface area contributed by atoms with Crippen LogP contribution < -0.4 is 15.5 Å². The maximum Gasteiger partial charge on any atom is 0.227 e. The van der Waals surface area contributed by atoms with Gasteiger partial charge in [-0.05, 0) is 44.5 Å². The van der Waals surface area contributed by atoms with Gasteiger partial charge in [-0.2, -0.15) is 0 Å². The van der Waals surface area contributed by atoms with Crippen molar-refractivity contribution in [3.63, 3.8) is 0 Å². The predicted octanol–water partition coefficient (Wildman–Crippen LogP) is 1.93. The molecule has 0 unspecified atom stereocenters. The second-order valence-corrected chi connectivity index (χ2v) is 8.10. The Hall–Kier alpha value is -2.87. The number of phenolic OH excluding ortho intramolecular Hbond substituents is 1. The molecule has 4 rings (SSSR count). The average Bonchev–Trinajstić information content (AvgIpc) is 2.79. The van der Waals surface area contributed by atoms with Gasteiger partial charge in [0.05, 0.1) is 17.3 Å². The summed E-state index contributed by atoms with van der Waals surface area (Å²) in [5.74, 6) is 1.24. The van der Waals surface area contributed by atoms with E-state index in [0.717, 1.165) is 38.2 Å². The zero-order valence-corrected chi connectivity index (χ0v) is 17.6. The van der Waals surface area contributed by atoms with Crippen molar-refractivity contribution in [1.29, 1.82) is 0 Å². The quantitative estimate of drug-likeness (QED) is 0.709. The van der Waals surface area contributed by atoms with E-state index in [4.69, 9.17) is 0 Å². The molecule has 2 fully saturated rings.